The normalized spacial score (nSPS) is 17.3. The maximum Gasteiger partial charge on any atom is 0.296 e. The first kappa shape index (κ1) is 24.1. The van der Waals surface area contributed by atoms with Crippen LogP contribution in [0.5, 0.6) is 11.5 Å². The number of likely N-dealkylation sites (tertiary alicyclic amines) is 1. The van der Waals surface area contributed by atoms with Crippen LogP contribution in [0.15, 0.2) is 64.8 Å². The van der Waals surface area contributed by atoms with E-state index in [9.17, 15) is 14.7 Å². The Labute approximate surface area is 204 Å². The first-order valence-corrected chi connectivity index (χ1v) is 11.4. The van der Waals surface area contributed by atoms with Crippen molar-refractivity contribution in [2.24, 2.45) is 0 Å². The number of aliphatic hydroxyl groups is 1. The number of aliphatic hydroxyl groups excluding tert-OH is 1. The summed E-state index contributed by atoms with van der Waals surface area (Å²) >= 11 is 0. The van der Waals surface area contributed by atoms with E-state index >= 15 is 0 Å². The number of benzene rings is 2. The number of furan rings is 1. The molecule has 1 atom stereocenters. The number of hydrogen-bond donors (Lipinski definition) is 1. The summed E-state index contributed by atoms with van der Waals surface area (Å²) in [6, 6.07) is 13.4. The molecule has 7 nitrogen and oxygen atoms in total. The van der Waals surface area contributed by atoms with Crippen molar-refractivity contribution >= 4 is 17.4 Å². The lowest BCUT2D eigenvalue weighted by Crippen LogP contribution is -2.29. The fraction of sp³-hybridized carbons (Fsp3) is 0.286. The van der Waals surface area contributed by atoms with Gasteiger partial charge < -0.3 is 23.9 Å². The lowest BCUT2D eigenvalue weighted by atomic mass is 9.92. The summed E-state index contributed by atoms with van der Waals surface area (Å²) in [6.45, 7) is 5.97. The van der Waals surface area contributed by atoms with Crippen molar-refractivity contribution in [3.8, 4) is 11.5 Å². The fourth-order valence-electron chi connectivity index (χ4n) is 4.53. The van der Waals surface area contributed by atoms with E-state index < -0.39 is 17.7 Å². The van der Waals surface area contributed by atoms with Crippen LogP contribution in [0, 0.1) is 6.92 Å². The summed E-state index contributed by atoms with van der Waals surface area (Å²) in [7, 11) is 3.15. The van der Waals surface area contributed by atoms with Gasteiger partial charge in [-0.15, -0.1) is 0 Å². The zero-order chi connectivity index (χ0) is 25.3. The Bertz CT molecular complexity index is 1290. The number of hydrogen-bond acceptors (Lipinski definition) is 6. The molecule has 0 spiro atoms. The maximum atomic E-state index is 13.3. The van der Waals surface area contributed by atoms with Crippen LogP contribution in [0.4, 0.5) is 0 Å². The van der Waals surface area contributed by atoms with Crippen molar-refractivity contribution in [2.75, 3.05) is 14.2 Å². The van der Waals surface area contributed by atoms with Crippen LogP contribution in [0.1, 0.15) is 53.8 Å². The molecule has 1 aliphatic heterocycles. The molecule has 1 saturated heterocycles. The SMILES string of the molecule is COc1ccccc1CN1C(=O)C(=O)/C(=C(/O)c2cc(C(C)C)c(OC)cc2C)C1c1ccco1. The topological polar surface area (TPSA) is 89.2 Å². The Morgan fingerprint density at radius 2 is 1.77 bits per heavy atom. The van der Waals surface area contributed by atoms with Crippen molar-refractivity contribution in [1.82, 2.24) is 4.90 Å². The van der Waals surface area contributed by atoms with Gasteiger partial charge in [-0.1, -0.05) is 32.0 Å². The van der Waals surface area contributed by atoms with Crippen molar-refractivity contribution in [3.05, 3.63) is 88.4 Å². The second-order valence-corrected chi connectivity index (χ2v) is 8.82. The highest BCUT2D eigenvalue weighted by Gasteiger charge is 2.47. The maximum absolute atomic E-state index is 13.3. The van der Waals surface area contributed by atoms with Gasteiger partial charge in [0.15, 0.2) is 0 Å². The third-order valence-electron chi connectivity index (χ3n) is 6.34. The summed E-state index contributed by atoms with van der Waals surface area (Å²) in [6.07, 6.45) is 1.48. The smallest absolute Gasteiger partial charge is 0.296 e. The third-order valence-corrected chi connectivity index (χ3v) is 6.34. The van der Waals surface area contributed by atoms with Gasteiger partial charge in [-0.05, 0) is 54.3 Å². The molecule has 35 heavy (non-hydrogen) atoms. The second-order valence-electron chi connectivity index (χ2n) is 8.82. The summed E-state index contributed by atoms with van der Waals surface area (Å²) in [5, 5.41) is 11.5. The molecule has 3 aromatic rings. The Kier molecular flexibility index (Phi) is 6.69. The molecular formula is C28H29NO6. The van der Waals surface area contributed by atoms with E-state index in [-0.39, 0.29) is 23.8 Å². The predicted molar refractivity (Wildman–Crippen MR) is 131 cm³/mol. The van der Waals surface area contributed by atoms with Gasteiger partial charge in [-0.25, -0.2) is 0 Å². The molecule has 4 rings (SSSR count). The number of carbonyl (C=O) groups is 2. The number of para-hydroxylation sites is 1. The zero-order valence-electron chi connectivity index (χ0n) is 20.5. The number of ketones is 1. The lowest BCUT2D eigenvalue weighted by molar-refractivity contribution is -0.140. The predicted octanol–water partition coefficient (Wildman–Crippen LogP) is 5.35. The van der Waals surface area contributed by atoms with Gasteiger partial charge >= 0.3 is 0 Å². The van der Waals surface area contributed by atoms with E-state index in [0.29, 0.717) is 22.8 Å². The number of ether oxygens (including phenoxy) is 2. The third kappa shape index (κ3) is 4.30. The fourth-order valence-corrected chi connectivity index (χ4v) is 4.53. The van der Waals surface area contributed by atoms with Crippen LogP contribution < -0.4 is 9.47 Å². The van der Waals surface area contributed by atoms with Gasteiger partial charge in [0.2, 0.25) is 0 Å². The number of rotatable bonds is 7. The molecule has 0 bridgehead atoms. The van der Waals surface area contributed by atoms with E-state index in [0.717, 1.165) is 16.7 Å². The highest BCUT2D eigenvalue weighted by molar-refractivity contribution is 6.46. The molecular weight excluding hydrogens is 446 g/mol. The zero-order valence-corrected chi connectivity index (χ0v) is 20.5. The van der Waals surface area contributed by atoms with Crippen LogP contribution in [-0.2, 0) is 16.1 Å². The van der Waals surface area contributed by atoms with Crippen molar-refractivity contribution in [1.29, 1.82) is 0 Å². The van der Waals surface area contributed by atoms with E-state index in [1.54, 1.807) is 32.4 Å². The number of amides is 1. The average molecular weight is 476 g/mol. The van der Waals surface area contributed by atoms with Gasteiger partial charge in [0.1, 0.15) is 29.1 Å². The molecule has 1 amide bonds. The summed E-state index contributed by atoms with van der Waals surface area (Å²) in [5.41, 5.74) is 2.80. The molecule has 0 aliphatic carbocycles. The molecule has 2 heterocycles. The summed E-state index contributed by atoms with van der Waals surface area (Å²) in [4.78, 5) is 28.0. The summed E-state index contributed by atoms with van der Waals surface area (Å²) in [5.74, 6) is 0.0822. The van der Waals surface area contributed by atoms with Crippen molar-refractivity contribution in [3.63, 3.8) is 0 Å². The monoisotopic (exact) mass is 475 g/mol. The van der Waals surface area contributed by atoms with Crippen molar-refractivity contribution in [2.45, 2.75) is 39.3 Å². The number of carbonyl (C=O) groups excluding carboxylic acids is 2. The van der Waals surface area contributed by atoms with Crippen LogP contribution in [0.3, 0.4) is 0 Å². The minimum absolute atomic E-state index is 0.0113. The molecule has 7 heteroatoms. The molecule has 1 unspecified atom stereocenters. The average Bonchev–Trinajstić information content (AvgIpc) is 3.46. The van der Waals surface area contributed by atoms with Gasteiger partial charge in [0.05, 0.1) is 32.6 Å². The first-order chi connectivity index (χ1) is 16.8. The van der Waals surface area contributed by atoms with Gasteiger partial charge in [0.25, 0.3) is 11.7 Å². The molecule has 0 saturated carbocycles. The largest absolute Gasteiger partial charge is 0.507 e. The number of aryl methyl sites for hydroxylation is 1. The molecule has 0 radical (unpaired) electrons. The molecule has 1 N–H and O–H groups in total. The van der Waals surface area contributed by atoms with Crippen LogP contribution >= 0.6 is 0 Å². The Morgan fingerprint density at radius 1 is 1.06 bits per heavy atom. The minimum atomic E-state index is -0.890. The second kappa shape index (κ2) is 9.70. The Morgan fingerprint density at radius 3 is 2.40 bits per heavy atom. The highest BCUT2D eigenvalue weighted by atomic mass is 16.5. The number of Topliss-reactive ketones (excluding diaryl/α,β-unsaturated/α-hetero) is 1. The molecule has 2 aromatic carbocycles. The minimum Gasteiger partial charge on any atom is -0.507 e. The lowest BCUT2D eigenvalue weighted by Gasteiger charge is -2.24. The van der Waals surface area contributed by atoms with Gasteiger partial charge in [0, 0.05) is 11.1 Å². The van der Waals surface area contributed by atoms with Crippen LogP contribution in [-0.4, -0.2) is 35.9 Å². The van der Waals surface area contributed by atoms with Gasteiger partial charge in [-0.3, -0.25) is 9.59 Å². The molecule has 1 aliphatic rings. The van der Waals surface area contributed by atoms with E-state index in [1.165, 1.54) is 11.2 Å². The van der Waals surface area contributed by atoms with E-state index in [1.807, 2.05) is 51.1 Å². The molecule has 1 fully saturated rings. The van der Waals surface area contributed by atoms with Crippen LogP contribution in [0.25, 0.3) is 5.76 Å². The number of nitrogens with zero attached hydrogens (tertiary/aromatic N) is 1. The quantitative estimate of drug-likeness (QED) is 0.281. The van der Waals surface area contributed by atoms with Crippen molar-refractivity contribution < 1.29 is 28.6 Å². The van der Waals surface area contributed by atoms with E-state index in [2.05, 4.69) is 0 Å². The number of methoxy groups -OCH3 is 2. The van der Waals surface area contributed by atoms with E-state index in [4.69, 9.17) is 13.9 Å². The standard InChI is InChI=1S/C28H29NO6/c1-16(2)19-14-20(17(3)13-23(19)34-5)26(30)24-25(22-11-8-12-35-22)29(28(32)27(24)31)15-18-9-6-7-10-21(18)33-4/h6-14,16,25,30H,15H2,1-5H3/b26-24+. The summed E-state index contributed by atoms with van der Waals surface area (Å²) < 4.78 is 16.6. The Hall–Kier alpha value is -4.00. The highest BCUT2D eigenvalue weighted by Crippen LogP contribution is 2.42. The first-order valence-electron chi connectivity index (χ1n) is 11.4. The van der Waals surface area contributed by atoms with Crippen LogP contribution in [0.2, 0.25) is 0 Å². The molecule has 1 aromatic heterocycles. The Balaban J connectivity index is 1.89. The molecule has 182 valence electrons. The van der Waals surface area contributed by atoms with Gasteiger partial charge in [-0.2, -0.15) is 0 Å².